The van der Waals surface area contributed by atoms with Crippen LogP contribution < -0.4 is 5.73 Å². The first-order valence-electron chi connectivity index (χ1n) is 11.5. The minimum atomic E-state index is -0.491. The van der Waals surface area contributed by atoms with Gasteiger partial charge in [-0.05, 0) is 42.0 Å². The number of nitrogens with zero attached hydrogens (tertiary/aromatic N) is 3. The van der Waals surface area contributed by atoms with Crippen LogP contribution >= 0.6 is 0 Å². The second-order valence-corrected chi connectivity index (χ2v) is 8.49. The number of aromatic nitrogens is 1. The molecular weight excluding hydrogens is 444 g/mol. The second kappa shape index (κ2) is 9.60. The fourth-order valence-corrected chi connectivity index (χ4v) is 4.46. The van der Waals surface area contributed by atoms with E-state index in [1.165, 1.54) is 7.11 Å². The lowest BCUT2D eigenvalue weighted by Crippen LogP contribution is -2.51. The van der Waals surface area contributed by atoms with Crippen LogP contribution in [0.15, 0.2) is 77.2 Å². The van der Waals surface area contributed by atoms with Gasteiger partial charge in [-0.25, -0.2) is 9.78 Å². The number of carbonyl (C=O) groups is 2. The van der Waals surface area contributed by atoms with Crippen LogP contribution in [0.4, 0.5) is 5.69 Å². The van der Waals surface area contributed by atoms with Crippen molar-refractivity contribution in [2.24, 2.45) is 0 Å². The van der Waals surface area contributed by atoms with E-state index < -0.39 is 6.04 Å². The zero-order valence-electron chi connectivity index (χ0n) is 19.4. The molecular formula is C27H26N4O4. The van der Waals surface area contributed by atoms with Crippen molar-refractivity contribution in [3.8, 4) is 11.5 Å². The summed E-state index contributed by atoms with van der Waals surface area (Å²) in [6, 6.07) is 21.7. The topological polar surface area (TPSA) is 102 Å². The molecule has 178 valence electrons. The van der Waals surface area contributed by atoms with E-state index in [4.69, 9.17) is 14.9 Å². The molecule has 35 heavy (non-hydrogen) atoms. The number of nitrogen functional groups attached to an aromatic ring is 1. The molecule has 1 fully saturated rings. The summed E-state index contributed by atoms with van der Waals surface area (Å²) < 4.78 is 10.9. The van der Waals surface area contributed by atoms with Gasteiger partial charge in [-0.3, -0.25) is 9.69 Å². The number of anilines is 1. The molecule has 5 rings (SSSR count). The molecule has 2 heterocycles. The van der Waals surface area contributed by atoms with Crippen LogP contribution in [0.25, 0.3) is 22.6 Å². The van der Waals surface area contributed by atoms with E-state index in [0.717, 1.165) is 11.1 Å². The van der Waals surface area contributed by atoms with Gasteiger partial charge < -0.3 is 19.8 Å². The molecule has 1 amide bonds. The Morgan fingerprint density at radius 2 is 1.74 bits per heavy atom. The molecule has 0 spiro atoms. The highest BCUT2D eigenvalue weighted by Crippen LogP contribution is 2.27. The third-order valence-electron chi connectivity index (χ3n) is 6.27. The van der Waals surface area contributed by atoms with Gasteiger partial charge in [0, 0.05) is 43.0 Å². The Bertz CT molecular complexity index is 1360. The number of piperazine rings is 1. The third kappa shape index (κ3) is 4.61. The number of carbonyl (C=O) groups excluding carboxylic acids is 2. The van der Waals surface area contributed by atoms with E-state index in [1.54, 1.807) is 30.3 Å². The van der Waals surface area contributed by atoms with E-state index in [9.17, 15) is 9.59 Å². The molecule has 0 radical (unpaired) electrons. The summed E-state index contributed by atoms with van der Waals surface area (Å²) in [6.07, 6.45) is 0. The lowest BCUT2D eigenvalue weighted by Gasteiger charge is -2.38. The number of rotatable bonds is 5. The molecule has 0 saturated carbocycles. The maximum Gasteiger partial charge on any atom is 0.327 e. The zero-order chi connectivity index (χ0) is 24.4. The van der Waals surface area contributed by atoms with Crippen molar-refractivity contribution in [1.29, 1.82) is 0 Å². The fourth-order valence-electron chi connectivity index (χ4n) is 4.46. The van der Waals surface area contributed by atoms with E-state index in [1.807, 2.05) is 47.4 Å². The van der Waals surface area contributed by atoms with Crippen molar-refractivity contribution in [1.82, 2.24) is 14.8 Å². The number of fused-ring (bicyclic) bond motifs is 1. The largest absolute Gasteiger partial charge is 0.468 e. The van der Waals surface area contributed by atoms with Crippen LogP contribution in [-0.2, 0) is 9.53 Å². The summed E-state index contributed by atoms with van der Waals surface area (Å²) in [5.41, 5.74) is 9.93. The van der Waals surface area contributed by atoms with Gasteiger partial charge in [0.25, 0.3) is 5.91 Å². The van der Waals surface area contributed by atoms with E-state index in [2.05, 4.69) is 9.88 Å². The first-order chi connectivity index (χ1) is 17.0. The Morgan fingerprint density at radius 3 is 2.49 bits per heavy atom. The minimum Gasteiger partial charge on any atom is -0.468 e. The first kappa shape index (κ1) is 22.6. The predicted octanol–water partition coefficient (Wildman–Crippen LogP) is 3.75. The van der Waals surface area contributed by atoms with Gasteiger partial charge in [-0.15, -0.1) is 0 Å². The molecule has 1 aliphatic rings. The van der Waals surface area contributed by atoms with Crippen molar-refractivity contribution in [3.63, 3.8) is 0 Å². The Labute approximate surface area is 202 Å². The molecule has 3 aromatic carbocycles. The van der Waals surface area contributed by atoms with Crippen molar-refractivity contribution < 1.29 is 18.7 Å². The molecule has 0 bridgehead atoms. The summed E-state index contributed by atoms with van der Waals surface area (Å²) in [5.74, 6) is 0.0683. The Hall–Kier alpha value is -4.17. The molecule has 1 unspecified atom stereocenters. The van der Waals surface area contributed by atoms with Gasteiger partial charge in [0.15, 0.2) is 5.58 Å². The number of hydrogen-bond acceptors (Lipinski definition) is 7. The van der Waals surface area contributed by atoms with Gasteiger partial charge in [0.2, 0.25) is 5.89 Å². The van der Waals surface area contributed by atoms with Gasteiger partial charge >= 0.3 is 5.97 Å². The molecule has 2 N–H and O–H groups in total. The standard InChI is InChI=1S/C27H26N4O4/c1-34-27(33)24(18-6-3-2-4-7-18)30-12-14-31(15-13-30)26(32)20-9-5-8-19(16-20)25-29-22-17-21(28)10-11-23(22)35-25/h2-11,16-17,24H,12-15,28H2,1H3. The number of benzene rings is 3. The molecule has 1 atom stereocenters. The van der Waals surface area contributed by atoms with Crippen molar-refractivity contribution in [2.45, 2.75) is 6.04 Å². The number of methoxy groups -OCH3 is 1. The van der Waals surface area contributed by atoms with Crippen LogP contribution in [0.3, 0.4) is 0 Å². The average molecular weight is 471 g/mol. The summed E-state index contributed by atoms with van der Waals surface area (Å²) in [6.45, 7) is 2.14. The Kier molecular flexibility index (Phi) is 6.20. The highest BCUT2D eigenvalue weighted by Gasteiger charge is 2.32. The number of nitrogens with two attached hydrogens (primary N) is 1. The Morgan fingerprint density at radius 1 is 0.971 bits per heavy atom. The molecule has 1 aliphatic heterocycles. The van der Waals surface area contributed by atoms with E-state index >= 15 is 0 Å². The zero-order valence-corrected chi connectivity index (χ0v) is 19.4. The second-order valence-electron chi connectivity index (χ2n) is 8.49. The molecule has 4 aromatic rings. The molecule has 8 heteroatoms. The lowest BCUT2D eigenvalue weighted by atomic mass is 10.0. The maximum absolute atomic E-state index is 13.3. The SMILES string of the molecule is COC(=O)C(c1ccccc1)N1CCN(C(=O)c2cccc(-c3nc4cc(N)ccc4o3)c2)CC1. The van der Waals surface area contributed by atoms with Crippen molar-refractivity contribution in [2.75, 3.05) is 39.0 Å². The van der Waals surface area contributed by atoms with Crippen molar-refractivity contribution >= 4 is 28.7 Å². The smallest absolute Gasteiger partial charge is 0.327 e. The van der Waals surface area contributed by atoms with Crippen LogP contribution in [0, 0.1) is 0 Å². The number of oxazole rings is 1. The summed E-state index contributed by atoms with van der Waals surface area (Å²) in [7, 11) is 1.40. The number of esters is 1. The molecule has 1 saturated heterocycles. The molecule has 8 nitrogen and oxygen atoms in total. The fraction of sp³-hybridized carbons (Fsp3) is 0.222. The first-order valence-corrected chi connectivity index (χ1v) is 11.5. The minimum absolute atomic E-state index is 0.0683. The number of hydrogen-bond donors (Lipinski definition) is 1. The van der Waals surface area contributed by atoms with Crippen LogP contribution in [-0.4, -0.2) is 59.9 Å². The Balaban J connectivity index is 1.31. The highest BCUT2D eigenvalue weighted by atomic mass is 16.5. The summed E-state index contributed by atoms with van der Waals surface area (Å²) in [5, 5.41) is 0. The van der Waals surface area contributed by atoms with Gasteiger partial charge in [-0.2, -0.15) is 0 Å². The average Bonchev–Trinajstić information content (AvgIpc) is 3.33. The maximum atomic E-state index is 13.3. The monoisotopic (exact) mass is 470 g/mol. The third-order valence-corrected chi connectivity index (χ3v) is 6.27. The number of amides is 1. The van der Waals surface area contributed by atoms with Crippen molar-refractivity contribution in [3.05, 3.63) is 83.9 Å². The quantitative estimate of drug-likeness (QED) is 0.350. The van der Waals surface area contributed by atoms with E-state index in [0.29, 0.717) is 54.4 Å². The van der Waals surface area contributed by atoms with Gasteiger partial charge in [-0.1, -0.05) is 36.4 Å². The summed E-state index contributed by atoms with van der Waals surface area (Å²) >= 11 is 0. The van der Waals surface area contributed by atoms with Crippen LogP contribution in [0.1, 0.15) is 22.0 Å². The molecule has 0 aliphatic carbocycles. The van der Waals surface area contributed by atoms with Crippen LogP contribution in [0.5, 0.6) is 0 Å². The van der Waals surface area contributed by atoms with Gasteiger partial charge in [0.05, 0.1) is 7.11 Å². The number of ether oxygens (including phenoxy) is 1. The van der Waals surface area contributed by atoms with Gasteiger partial charge in [0.1, 0.15) is 11.6 Å². The normalized spacial score (nSPS) is 15.2. The summed E-state index contributed by atoms with van der Waals surface area (Å²) in [4.78, 5) is 34.2. The predicted molar refractivity (Wildman–Crippen MR) is 133 cm³/mol. The highest BCUT2D eigenvalue weighted by molar-refractivity contribution is 5.95. The van der Waals surface area contributed by atoms with E-state index in [-0.39, 0.29) is 11.9 Å². The van der Waals surface area contributed by atoms with Crippen LogP contribution in [0.2, 0.25) is 0 Å². The lowest BCUT2D eigenvalue weighted by molar-refractivity contribution is -0.148. The molecule has 1 aromatic heterocycles.